The van der Waals surface area contributed by atoms with Gasteiger partial charge in [0.05, 0.1) is 13.2 Å². The predicted molar refractivity (Wildman–Crippen MR) is 119 cm³/mol. The number of hydrogen-bond donors (Lipinski definition) is 1. The SMILES string of the molecule is CCn1nnc(-c2ccc(OCCCCCC3CCC(c4ccnc(N)c4)C3)nc2)n1. The maximum Gasteiger partial charge on any atom is 0.213 e. The van der Waals surface area contributed by atoms with E-state index in [2.05, 4.69) is 31.4 Å². The summed E-state index contributed by atoms with van der Waals surface area (Å²) in [6.07, 6.45) is 12.2. The lowest BCUT2D eigenvalue weighted by Gasteiger charge is -2.12. The van der Waals surface area contributed by atoms with Gasteiger partial charge in [-0.25, -0.2) is 9.97 Å². The largest absolute Gasteiger partial charge is 0.478 e. The highest BCUT2D eigenvalue weighted by molar-refractivity contribution is 5.52. The van der Waals surface area contributed by atoms with Crippen LogP contribution in [0.15, 0.2) is 36.7 Å². The standard InChI is InChI=1S/C23H31N7O/c1-2-30-28-23(27-29-30)20-9-10-22(26-16-20)31-13-5-3-4-6-17-7-8-18(14-17)19-11-12-25-21(24)15-19/h9-12,15-18H,2-8,13-14H2,1H3,(H2,24,25). The van der Waals surface area contributed by atoms with Crippen molar-refractivity contribution in [2.24, 2.45) is 5.92 Å². The predicted octanol–water partition coefficient (Wildman–Crippen LogP) is 4.26. The van der Waals surface area contributed by atoms with Gasteiger partial charge in [0.1, 0.15) is 5.82 Å². The Morgan fingerprint density at radius 2 is 2.06 bits per heavy atom. The van der Waals surface area contributed by atoms with E-state index in [0.717, 1.165) is 17.9 Å². The molecule has 3 aromatic heterocycles. The lowest BCUT2D eigenvalue weighted by molar-refractivity contribution is 0.291. The molecule has 0 bridgehead atoms. The molecule has 1 saturated carbocycles. The summed E-state index contributed by atoms with van der Waals surface area (Å²) in [5, 5.41) is 12.3. The second kappa shape index (κ2) is 10.3. The van der Waals surface area contributed by atoms with E-state index in [-0.39, 0.29) is 0 Å². The van der Waals surface area contributed by atoms with Crippen molar-refractivity contribution in [2.45, 2.75) is 64.3 Å². The summed E-state index contributed by atoms with van der Waals surface area (Å²) in [4.78, 5) is 10.0. The summed E-state index contributed by atoms with van der Waals surface area (Å²) in [5.41, 5.74) is 8.03. The molecule has 1 aliphatic rings. The first-order valence-corrected chi connectivity index (χ1v) is 11.3. The summed E-state index contributed by atoms with van der Waals surface area (Å²) in [6.45, 7) is 3.37. The molecule has 0 spiro atoms. The third kappa shape index (κ3) is 5.77. The highest BCUT2D eigenvalue weighted by Crippen LogP contribution is 2.40. The Kier molecular flexibility index (Phi) is 7.07. The van der Waals surface area contributed by atoms with Gasteiger partial charge in [-0.05, 0) is 73.4 Å². The van der Waals surface area contributed by atoms with Gasteiger partial charge in [0, 0.05) is 24.0 Å². The Labute approximate surface area is 183 Å². The number of rotatable bonds is 10. The van der Waals surface area contributed by atoms with E-state index in [1.165, 1.54) is 44.1 Å². The van der Waals surface area contributed by atoms with Crippen LogP contribution in [-0.2, 0) is 6.54 Å². The Balaban J connectivity index is 1.11. The second-order valence-corrected chi connectivity index (χ2v) is 8.27. The van der Waals surface area contributed by atoms with Gasteiger partial charge in [0.2, 0.25) is 11.7 Å². The first-order chi connectivity index (χ1) is 15.2. The van der Waals surface area contributed by atoms with E-state index in [1.54, 1.807) is 11.0 Å². The van der Waals surface area contributed by atoms with E-state index < -0.39 is 0 Å². The maximum atomic E-state index is 5.83. The minimum absolute atomic E-state index is 0.586. The van der Waals surface area contributed by atoms with Crippen LogP contribution in [0.25, 0.3) is 11.4 Å². The zero-order valence-corrected chi connectivity index (χ0v) is 18.2. The summed E-state index contributed by atoms with van der Waals surface area (Å²) in [7, 11) is 0. The molecular formula is C23H31N7O. The first kappa shape index (κ1) is 21.2. The number of unbranched alkanes of at least 4 members (excludes halogenated alkanes) is 2. The molecule has 164 valence electrons. The van der Waals surface area contributed by atoms with Crippen molar-refractivity contribution in [1.29, 1.82) is 0 Å². The average molecular weight is 422 g/mol. The number of nitrogens with zero attached hydrogens (tertiary/aromatic N) is 6. The normalized spacial score (nSPS) is 18.4. The fraction of sp³-hybridized carbons (Fsp3) is 0.522. The minimum Gasteiger partial charge on any atom is -0.478 e. The van der Waals surface area contributed by atoms with Crippen molar-refractivity contribution in [3.05, 3.63) is 42.2 Å². The Morgan fingerprint density at radius 1 is 1.13 bits per heavy atom. The molecule has 0 saturated heterocycles. The van der Waals surface area contributed by atoms with Crippen LogP contribution in [0.5, 0.6) is 5.88 Å². The van der Waals surface area contributed by atoms with Crippen LogP contribution in [0.3, 0.4) is 0 Å². The van der Waals surface area contributed by atoms with Gasteiger partial charge in [-0.15, -0.1) is 10.2 Å². The molecule has 8 heteroatoms. The summed E-state index contributed by atoms with van der Waals surface area (Å²) in [6, 6.07) is 7.95. The van der Waals surface area contributed by atoms with Gasteiger partial charge in [-0.3, -0.25) is 0 Å². The van der Waals surface area contributed by atoms with Gasteiger partial charge in [-0.2, -0.15) is 4.80 Å². The summed E-state index contributed by atoms with van der Waals surface area (Å²) in [5.74, 6) is 3.33. The van der Waals surface area contributed by atoms with Crippen LogP contribution in [-0.4, -0.2) is 36.8 Å². The molecule has 31 heavy (non-hydrogen) atoms. The van der Waals surface area contributed by atoms with Gasteiger partial charge in [0.25, 0.3) is 0 Å². The number of aryl methyl sites for hydroxylation is 1. The molecule has 3 heterocycles. The number of aromatic nitrogens is 6. The number of nitrogen functional groups attached to an aromatic ring is 1. The molecular weight excluding hydrogens is 390 g/mol. The molecule has 8 nitrogen and oxygen atoms in total. The molecule has 2 N–H and O–H groups in total. The van der Waals surface area contributed by atoms with Crippen molar-refractivity contribution in [3.63, 3.8) is 0 Å². The summed E-state index contributed by atoms with van der Waals surface area (Å²) >= 11 is 0. The molecule has 2 unspecified atom stereocenters. The van der Waals surface area contributed by atoms with E-state index in [4.69, 9.17) is 10.5 Å². The van der Waals surface area contributed by atoms with E-state index >= 15 is 0 Å². The van der Waals surface area contributed by atoms with Crippen LogP contribution < -0.4 is 10.5 Å². The van der Waals surface area contributed by atoms with Crippen LogP contribution in [0.2, 0.25) is 0 Å². The monoisotopic (exact) mass is 421 g/mol. The maximum absolute atomic E-state index is 5.83. The zero-order chi connectivity index (χ0) is 21.5. The minimum atomic E-state index is 0.586. The molecule has 0 amide bonds. The van der Waals surface area contributed by atoms with Gasteiger partial charge in [-0.1, -0.05) is 19.3 Å². The lowest BCUT2D eigenvalue weighted by Crippen LogP contribution is -2.01. The Morgan fingerprint density at radius 3 is 2.84 bits per heavy atom. The van der Waals surface area contributed by atoms with Crippen LogP contribution in [0, 0.1) is 5.92 Å². The number of tetrazole rings is 1. The molecule has 4 rings (SSSR count). The highest BCUT2D eigenvalue weighted by atomic mass is 16.5. The number of pyridine rings is 2. The molecule has 3 aromatic rings. The first-order valence-electron chi connectivity index (χ1n) is 11.3. The smallest absolute Gasteiger partial charge is 0.213 e. The van der Waals surface area contributed by atoms with Gasteiger partial charge < -0.3 is 10.5 Å². The van der Waals surface area contributed by atoms with Crippen molar-refractivity contribution in [3.8, 4) is 17.3 Å². The van der Waals surface area contributed by atoms with Crippen LogP contribution >= 0.6 is 0 Å². The van der Waals surface area contributed by atoms with Crippen LogP contribution in [0.4, 0.5) is 5.82 Å². The number of nitrogens with two attached hydrogens (primary N) is 1. The summed E-state index contributed by atoms with van der Waals surface area (Å²) < 4.78 is 5.79. The second-order valence-electron chi connectivity index (χ2n) is 8.27. The topological polar surface area (TPSA) is 105 Å². The fourth-order valence-electron chi connectivity index (χ4n) is 4.34. The van der Waals surface area contributed by atoms with Crippen molar-refractivity contribution in [1.82, 2.24) is 30.2 Å². The molecule has 1 aliphatic carbocycles. The molecule has 2 atom stereocenters. The zero-order valence-electron chi connectivity index (χ0n) is 18.2. The molecule has 0 radical (unpaired) electrons. The van der Waals surface area contributed by atoms with Crippen LogP contribution in [0.1, 0.15) is 63.4 Å². The van der Waals surface area contributed by atoms with Crippen molar-refractivity contribution >= 4 is 5.82 Å². The Hall–Kier alpha value is -3.03. The van der Waals surface area contributed by atoms with E-state index in [9.17, 15) is 0 Å². The molecule has 0 aliphatic heterocycles. The average Bonchev–Trinajstić information content (AvgIpc) is 3.46. The molecule has 1 fully saturated rings. The highest BCUT2D eigenvalue weighted by Gasteiger charge is 2.25. The van der Waals surface area contributed by atoms with E-state index in [1.807, 2.05) is 31.3 Å². The van der Waals surface area contributed by atoms with E-state index in [0.29, 0.717) is 36.6 Å². The van der Waals surface area contributed by atoms with Gasteiger partial charge >= 0.3 is 0 Å². The number of hydrogen-bond acceptors (Lipinski definition) is 7. The number of ether oxygens (including phenoxy) is 1. The fourth-order valence-corrected chi connectivity index (χ4v) is 4.34. The number of anilines is 1. The van der Waals surface area contributed by atoms with Crippen molar-refractivity contribution < 1.29 is 4.74 Å². The Bertz CT molecular complexity index is 957. The van der Waals surface area contributed by atoms with Crippen molar-refractivity contribution in [2.75, 3.05) is 12.3 Å². The third-order valence-corrected chi connectivity index (χ3v) is 6.05. The quantitative estimate of drug-likeness (QED) is 0.488. The third-order valence-electron chi connectivity index (χ3n) is 6.05. The lowest BCUT2D eigenvalue weighted by atomic mass is 9.95. The van der Waals surface area contributed by atoms with Gasteiger partial charge in [0.15, 0.2) is 0 Å². The molecule has 0 aromatic carbocycles.